The number of carbonyl (C=O) groups excluding carboxylic acids is 2. The summed E-state index contributed by atoms with van der Waals surface area (Å²) in [4.78, 5) is 35.8. The van der Waals surface area contributed by atoms with Gasteiger partial charge in [0.1, 0.15) is 17.0 Å². The molecule has 36 heavy (non-hydrogen) atoms. The zero-order valence-corrected chi connectivity index (χ0v) is 21.1. The standard InChI is InChI=1S/C29H37N5O2/c35-26(30-18-28-13-19-12-22(19)29(17-28)15-20(29)14-28)24-4-3-5-25-31-23(16-34(24)25)27(36)33-10-6-21(7-11-33)32-8-1-2-9-32/h3-5,16,19-22H,1-2,6-15,17-18H2,(H,30,35). The van der Waals surface area contributed by atoms with Crippen molar-refractivity contribution < 1.29 is 9.59 Å². The molecule has 2 aliphatic heterocycles. The van der Waals surface area contributed by atoms with E-state index in [1.165, 1.54) is 58.0 Å². The fourth-order valence-electron chi connectivity index (χ4n) is 9.23. The van der Waals surface area contributed by atoms with E-state index in [0.29, 0.717) is 33.9 Å². The molecule has 1 N–H and O–H groups in total. The van der Waals surface area contributed by atoms with Crippen LogP contribution in [0.1, 0.15) is 78.8 Å². The molecule has 5 atom stereocenters. The summed E-state index contributed by atoms with van der Waals surface area (Å²) in [5.74, 6) is 2.80. The molecule has 4 saturated carbocycles. The van der Waals surface area contributed by atoms with Crippen LogP contribution in [-0.2, 0) is 0 Å². The van der Waals surface area contributed by atoms with Crippen molar-refractivity contribution in [1.29, 1.82) is 0 Å². The fourth-order valence-corrected chi connectivity index (χ4v) is 9.23. The Hall–Kier alpha value is -2.41. The number of likely N-dealkylation sites (tertiary alicyclic amines) is 2. The summed E-state index contributed by atoms with van der Waals surface area (Å²) in [6.07, 6.45) is 13.3. The fraction of sp³-hybridized carbons (Fsp3) is 0.690. The minimum atomic E-state index is -0.0506. The highest BCUT2D eigenvalue weighted by Crippen LogP contribution is 2.83. The summed E-state index contributed by atoms with van der Waals surface area (Å²) in [6, 6.07) is 6.22. The van der Waals surface area contributed by atoms with Crippen molar-refractivity contribution in [2.75, 3.05) is 32.7 Å². The lowest BCUT2D eigenvalue weighted by Crippen LogP contribution is -2.46. The van der Waals surface area contributed by atoms with Crippen molar-refractivity contribution in [3.63, 3.8) is 0 Å². The molecule has 8 rings (SSSR count). The molecule has 5 unspecified atom stereocenters. The highest BCUT2D eigenvalue weighted by molar-refractivity contribution is 5.95. The smallest absolute Gasteiger partial charge is 0.274 e. The van der Waals surface area contributed by atoms with Crippen LogP contribution in [-0.4, -0.2) is 69.8 Å². The number of nitrogens with zero attached hydrogens (tertiary/aromatic N) is 4. The second kappa shape index (κ2) is 7.56. The zero-order valence-electron chi connectivity index (χ0n) is 21.1. The molecule has 6 fully saturated rings. The highest BCUT2D eigenvalue weighted by atomic mass is 16.2. The Morgan fingerprint density at radius 2 is 1.89 bits per heavy atom. The number of fused-ring (bicyclic) bond motifs is 3. The van der Waals surface area contributed by atoms with Gasteiger partial charge in [0.25, 0.3) is 11.8 Å². The summed E-state index contributed by atoms with van der Waals surface area (Å²) in [5, 5.41) is 3.30. The van der Waals surface area contributed by atoms with E-state index in [0.717, 1.165) is 50.2 Å². The monoisotopic (exact) mass is 487 g/mol. The summed E-state index contributed by atoms with van der Waals surface area (Å²) >= 11 is 0. The van der Waals surface area contributed by atoms with Crippen LogP contribution in [0.5, 0.6) is 0 Å². The number of piperidine rings is 1. The van der Waals surface area contributed by atoms with Crippen molar-refractivity contribution in [1.82, 2.24) is 24.5 Å². The predicted molar refractivity (Wildman–Crippen MR) is 136 cm³/mol. The van der Waals surface area contributed by atoms with E-state index in [9.17, 15) is 9.59 Å². The second-order valence-corrected chi connectivity index (χ2v) is 13.0. The molecule has 4 heterocycles. The van der Waals surface area contributed by atoms with Crippen LogP contribution in [0.15, 0.2) is 24.4 Å². The van der Waals surface area contributed by atoms with Gasteiger partial charge in [-0.2, -0.15) is 0 Å². The van der Waals surface area contributed by atoms with Crippen LogP contribution in [0.25, 0.3) is 5.65 Å². The van der Waals surface area contributed by atoms with Crippen LogP contribution in [0.3, 0.4) is 0 Å². The molecule has 190 valence electrons. The first-order valence-corrected chi connectivity index (χ1v) is 14.3. The van der Waals surface area contributed by atoms with E-state index in [-0.39, 0.29) is 11.8 Å². The number of hydrogen-bond acceptors (Lipinski definition) is 4. The van der Waals surface area contributed by atoms with Gasteiger partial charge in [0.2, 0.25) is 0 Å². The molecule has 2 amide bonds. The van der Waals surface area contributed by atoms with Crippen molar-refractivity contribution >= 4 is 17.5 Å². The molecule has 0 radical (unpaired) electrons. The Labute approximate surface area is 212 Å². The van der Waals surface area contributed by atoms with Crippen LogP contribution in [0.2, 0.25) is 0 Å². The van der Waals surface area contributed by atoms with Crippen LogP contribution >= 0.6 is 0 Å². The first-order chi connectivity index (χ1) is 17.5. The molecule has 7 nitrogen and oxygen atoms in total. The summed E-state index contributed by atoms with van der Waals surface area (Å²) in [6.45, 7) is 4.77. The molecular formula is C29H37N5O2. The van der Waals surface area contributed by atoms with Gasteiger partial charge in [0, 0.05) is 31.9 Å². The Balaban J connectivity index is 0.955. The Kier molecular flexibility index (Phi) is 4.55. The molecule has 6 aliphatic rings. The van der Waals surface area contributed by atoms with E-state index in [2.05, 4.69) is 15.2 Å². The van der Waals surface area contributed by atoms with Crippen molar-refractivity contribution in [3.05, 3.63) is 35.8 Å². The molecule has 7 heteroatoms. The van der Waals surface area contributed by atoms with E-state index < -0.39 is 0 Å². The number of rotatable bonds is 5. The molecule has 2 bridgehead atoms. The molecule has 0 aromatic carbocycles. The van der Waals surface area contributed by atoms with E-state index in [1.807, 2.05) is 27.5 Å². The molecule has 2 aromatic heterocycles. The lowest BCUT2D eigenvalue weighted by atomic mass is 9.71. The lowest BCUT2D eigenvalue weighted by Gasteiger charge is -2.36. The average molecular weight is 488 g/mol. The maximum Gasteiger partial charge on any atom is 0.274 e. The van der Waals surface area contributed by atoms with Gasteiger partial charge in [-0.15, -0.1) is 0 Å². The molecule has 2 saturated heterocycles. The maximum absolute atomic E-state index is 13.3. The van der Waals surface area contributed by atoms with Gasteiger partial charge >= 0.3 is 0 Å². The average Bonchev–Trinajstić information content (AvgIpc) is 3.57. The molecule has 2 aromatic rings. The van der Waals surface area contributed by atoms with Gasteiger partial charge < -0.3 is 15.1 Å². The van der Waals surface area contributed by atoms with Gasteiger partial charge in [0.15, 0.2) is 0 Å². The number of pyridine rings is 1. The van der Waals surface area contributed by atoms with Crippen molar-refractivity contribution in [2.45, 2.75) is 63.8 Å². The number of imidazole rings is 1. The predicted octanol–water partition coefficient (Wildman–Crippen LogP) is 3.59. The molecular weight excluding hydrogens is 450 g/mol. The quantitative estimate of drug-likeness (QED) is 0.700. The Morgan fingerprint density at radius 3 is 2.72 bits per heavy atom. The van der Waals surface area contributed by atoms with Crippen LogP contribution < -0.4 is 5.32 Å². The number of hydrogen-bond donors (Lipinski definition) is 1. The van der Waals surface area contributed by atoms with E-state index in [1.54, 1.807) is 6.20 Å². The van der Waals surface area contributed by atoms with Crippen LogP contribution in [0.4, 0.5) is 0 Å². The SMILES string of the molecule is O=C(NCC12CC3CC3C3(CC3C1)C2)c1cccc2nc(C(=O)N3CCC(N4CCCC4)CC3)cn12. The third kappa shape index (κ3) is 3.24. The second-order valence-electron chi connectivity index (χ2n) is 13.0. The maximum atomic E-state index is 13.3. The van der Waals surface area contributed by atoms with Gasteiger partial charge in [-0.3, -0.25) is 14.0 Å². The van der Waals surface area contributed by atoms with Gasteiger partial charge in [-0.1, -0.05) is 6.07 Å². The Morgan fingerprint density at radius 1 is 1.06 bits per heavy atom. The minimum Gasteiger partial charge on any atom is -0.350 e. The van der Waals surface area contributed by atoms with Gasteiger partial charge in [-0.25, -0.2) is 4.98 Å². The largest absolute Gasteiger partial charge is 0.350 e. The van der Waals surface area contributed by atoms with Gasteiger partial charge in [-0.05, 0) is 112 Å². The summed E-state index contributed by atoms with van der Waals surface area (Å²) in [7, 11) is 0. The van der Waals surface area contributed by atoms with Crippen LogP contribution in [0, 0.1) is 28.6 Å². The zero-order chi connectivity index (χ0) is 24.1. The highest BCUT2D eigenvalue weighted by Gasteiger charge is 2.76. The molecule has 1 spiro atoms. The van der Waals surface area contributed by atoms with E-state index >= 15 is 0 Å². The van der Waals surface area contributed by atoms with E-state index in [4.69, 9.17) is 0 Å². The minimum absolute atomic E-state index is 0.0134. The first-order valence-electron chi connectivity index (χ1n) is 14.3. The number of nitrogens with one attached hydrogen (secondary N) is 1. The normalized spacial score (nSPS) is 37.1. The number of aromatic nitrogens is 2. The summed E-state index contributed by atoms with van der Waals surface area (Å²) < 4.78 is 1.81. The number of carbonyl (C=O) groups is 2. The topological polar surface area (TPSA) is 70.0 Å². The Bertz CT molecular complexity index is 1240. The van der Waals surface area contributed by atoms with Crippen molar-refractivity contribution in [2.24, 2.45) is 28.6 Å². The third-order valence-electron chi connectivity index (χ3n) is 11.0. The third-order valence-corrected chi connectivity index (χ3v) is 11.0. The van der Waals surface area contributed by atoms with Gasteiger partial charge in [0.05, 0.1) is 0 Å². The first kappa shape index (κ1) is 21.7. The van der Waals surface area contributed by atoms with Crippen molar-refractivity contribution in [3.8, 4) is 0 Å². The number of amides is 2. The molecule has 4 aliphatic carbocycles. The lowest BCUT2D eigenvalue weighted by molar-refractivity contribution is 0.0639. The summed E-state index contributed by atoms with van der Waals surface area (Å²) in [5.41, 5.74) is 2.66.